The van der Waals surface area contributed by atoms with Crippen LogP contribution in [0.25, 0.3) is 0 Å². The Labute approximate surface area is 140 Å². The monoisotopic (exact) mass is 352 g/mol. The predicted molar refractivity (Wildman–Crippen MR) is 91.1 cm³/mol. The van der Waals surface area contributed by atoms with Crippen molar-refractivity contribution in [3.05, 3.63) is 45.0 Å². The molecule has 0 spiro atoms. The smallest absolute Gasteiger partial charge is 0.340 e. The molecule has 0 aliphatic rings. The van der Waals surface area contributed by atoms with E-state index in [0.717, 1.165) is 11.1 Å². The van der Waals surface area contributed by atoms with Crippen molar-refractivity contribution in [1.82, 2.24) is 4.98 Å². The molecule has 2 aromatic rings. The Morgan fingerprint density at radius 1 is 1.43 bits per heavy atom. The van der Waals surface area contributed by atoms with Crippen LogP contribution in [-0.4, -0.2) is 28.1 Å². The summed E-state index contributed by atoms with van der Waals surface area (Å²) in [6, 6.07) is 4.45. The van der Waals surface area contributed by atoms with Crippen LogP contribution in [0.5, 0.6) is 0 Å². The SMILES string of the molecule is COC(=O)c1cc(C)sc1NC(=S)Nc1ccc([N+](=O)[O-])cn1. The summed E-state index contributed by atoms with van der Waals surface area (Å²) in [5, 5.41) is 17.0. The van der Waals surface area contributed by atoms with Crippen LogP contribution in [0.2, 0.25) is 0 Å². The molecule has 0 aliphatic carbocycles. The van der Waals surface area contributed by atoms with Gasteiger partial charge in [-0.2, -0.15) is 0 Å². The maximum absolute atomic E-state index is 11.7. The molecule has 2 rings (SSSR count). The number of nitrogens with zero attached hydrogens (tertiary/aromatic N) is 2. The summed E-state index contributed by atoms with van der Waals surface area (Å²) in [6.45, 7) is 1.86. The Morgan fingerprint density at radius 3 is 2.74 bits per heavy atom. The lowest BCUT2D eigenvalue weighted by Crippen LogP contribution is -2.20. The van der Waals surface area contributed by atoms with E-state index in [9.17, 15) is 14.9 Å². The van der Waals surface area contributed by atoms with Crippen molar-refractivity contribution in [3.8, 4) is 0 Å². The number of esters is 1. The molecule has 10 heteroatoms. The minimum Gasteiger partial charge on any atom is -0.465 e. The third-order valence-corrected chi connectivity index (χ3v) is 3.86. The molecule has 2 N–H and O–H groups in total. The fraction of sp³-hybridized carbons (Fsp3) is 0.154. The highest BCUT2D eigenvalue weighted by Gasteiger charge is 2.16. The molecule has 0 amide bonds. The third-order valence-electron chi connectivity index (χ3n) is 2.69. The Bertz CT molecular complexity index is 758. The molecule has 2 heterocycles. The van der Waals surface area contributed by atoms with E-state index in [1.54, 1.807) is 6.07 Å². The average Bonchev–Trinajstić information content (AvgIpc) is 2.87. The first-order valence-electron chi connectivity index (χ1n) is 6.28. The second kappa shape index (κ2) is 7.11. The number of aryl methyl sites for hydroxylation is 1. The zero-order chi connectivity index (χ0) is 17.0. The van der Waals surface area contributed by atoms with E-state index < -0.39 is 10.9 Å². The summed E-state index contributed by atoms with van der Waals surface area (Å²) in [7, 11) is 1.30. The molecular formula is C13H12N4O4S2. The fourth-order valence-electron chi connectivity index (χ4n) is 1.69. The van der Waals surface area contributed by atoms with Crippen molar-refractivity contribution < 1.29 is 14.5 Å². The number of nitro groups is 1. The first kappa shape index (κ1) is 16.8. The number of anilines is 2. The standard InChI is InChI=1S/C13H12N4O4S2/c1-7-5-9(12(18)21-2)11(23-7)16-13(22)15-10-4-3-8(6-14-10)17(19)20/h3-6H,1-2H3,(H2,14,15,16,22). The summed E-state index contributed by atoms with van der Waals surface area (Å²) in [5.74, 6) is -0.117. The van der Waals surface area contributed by atoms with Crippen LogP contribution in [0.1, 0.15) is 15.2 Å². The van der Waals surface area contributed by atoms with E-state index in [1.807, 2.05) is 6.92 Å². The zero-order valence-electron chi connectivity index (χ0n) is 12.2. The van der Waals surface area contributed by atoms with Gasteiger partial charge in [0.1, 0.15) is 17.0 Å². The van der Waals surface area contributed by atoms with Gasteiger partial charge in [-0.05, 0) is 31.3 Å². The van der Waals surface area contributed by atoms with Gasteiger partial charge in [0.2, 0.25) is 0 Å². The average molecular weight is 352 g/mol. The number of carbonyl (C=O) groups is 1. The molecule has 0 aromatic carbocycles. The first-order valence-corrected chi connectivity index (χ1v) is 7.50. The van der Waals surface area contributed by atoms with Gasteiger partial charge in [-0.15, -0.1) is 11.3 Å². The largest absolute Gasteiger partial charge is 0.465 e. The number of thiophene rings is 1. The Balaban J connectivity index is 2.08. The van der Waals surface area contributed by atoms with Crippen molar-refractivity contribution in [2.24, 2.45) is 0 Å². The molecule has 8 nitrogen and oxygen atoms in total. The molecular weight excluding hydrogens is 340 g/mol. The number of methoxy groups -OCH3 is 1. The summed E-state index contributed by atoms with van der Waals surface area (Å²) in [5.41, 5.74) is 0.270. The zero-order valence-corrected chi connectivity index (χ0v) is 13.8. The molecule has 0 unspecified atom stereocenters. The number of rotatable bonds is 4. The van der Waals surface area contributed by atoms with Gasteiger partial charge in [0, 0.05) is 10.9 Å². The van der Waals surface area contributed by atoms with Gasteiger partial charge < -0.3 is 15.4 Å². The number of hydrogen-bond acceptors (Lipinski definition) is 7. The van der Waals surface area contributed by atoms with Crippen LogP contribution in [0.4, 0.5) is 16.5 Å². The maximum atomic E-state index is 11.7. The highest BCUT2D eigenvalue weighted by atomic mass is 32.1. The molecule has 23 heavy (non-hydrogen) atoms. The lowest BCUT2D eigenvalue weighted by molar-refractivity contribution is -0.385. The van der Waals surface area contributed by atoms with Crippen molar-refractivity contribution in [1.29, 1.82) is 0 Å². The highest BCUT2D eigenvalue weighted by molar-refractivity contribution is 7.80. The molecule has 0 aliphatic heterocycles. The molecule has 0 radical (unpaired) electrons. The molecule has 0 saturated heterocycles. The summed E-state index contributed by atoms with van der Waals surface area (Å²) in [4.78, 5) is 26.5. The van der Waals surface area contributed by atoms with Gasteiger partial charge >= 0.3 is 5.97 Å². The summed E-state index contributed by atoms with van der Waals surface area (Å²) >= 11 is 6.51. The van der Waals surface area contributed by atoms with Gasteiger partial charge in [0.15, 0.2) is 5.11 Å². The van der Waals surface area contributed by atoms with Gasteiger partial charge in [0.05, 0.1) is 17.6 Å². The van der Waals surface area contributed by atoms with Gasteiger partial charge in [-0.3, -0.25) is 10.1 Å². The van der Waals surface area contributed by atoms with Crippen molar-refractivity contribution in [2.45, 2.75) is 6.92 Å². The number of thiocarbonyl (C=S) groups is 1. The minimum atomic E-state index is -0.537. The quantitative estimate of drug-likeness (QED) is 0.374. The predicted octanol–water partition coefficient (Wildman–Crippen LogP) is 2.96. The maximum Gasteiger partial charge on any atom is 0.340 e. The van der Waals surface area contributed by atoms with Crippen molar-refractivity contribution in [3.63, 3.8) is 0 Å². The van der Waals surface area contributed by atoms with E-state index in [-0.39, 0.29) is 10.8 Å². The second-order valence-corrected chi connectivity index (χ2v) is 5.99. The van der Waals surface area contributed by atoms with E-state index >= 15 is 0 Å². The highest BCUT2D eigenvalue weighted by Crippen LogP contribution is 2.28. The number of aromatic nitrogens is 1. The molecule has 2 aromatic heterocycles. The molecule has 120 valence electrons. The number of pyridine rings is 1. The lowest BCUT2D eigenvalue weighted by Gasteiger charge is -2.09. The summed E-state index contributed by atoms with van der Waals surface area (Å²) < 4.78 is 4.71. The van der Waals surface area contributed by atoms with Crippen LogP contribution in [-0.2, 0) is 4.74 Å². The normalized spacial score (nSPS) is 10.0. The summed E-state index contributed by atoms with van der Waals surface area (Å²) in [6.07, 6.45) is 1.13. The van der Waals surface area contributed by atoms with E-state index in [0.29, 0.717) is 16.4 Å². The second-order valence-electron chi connectivity index (χ2n) is 4.33. The Kier molecular flexibility index (Phi) is 5.19. The van der Waals surface area contributed by atoms with Crippen LogP contribution < -0.4 is 10.6 Å². The van der Waals surface area contributed by atoms with Gasteiger partial charge in [0.25, 0.3) is 5.69 Å². The van der Waals surface area contributed by atoms with Crippen LogP contribution >= 0.6 is 23.6 Å². The number of nitrogens with one attached hydrogen (secondary N) is 2. The third kappa shape index (κ3) is 4.20. The number of hydrogen-bond donors (Lipinski definition) is 2. The van der Waals surface area contributed by atoms with Crippen LogP contribution in [0.3, 0.4) is 0 Å². The van der Waals surface area contributed by atoms with Gasteiger partial charge in [-0.1, -0.05) is 0 Å². The number of ether oxygens (including phenoxy) is 1. The Morgan fingerprint density at radius 2 is 2.17 bits per heavy atom. The molecule has 0 atom stereocenters. The van der Waals surface area contributed by atoms with E-state index in [1.165, 1.54) is 30.6 Å². The molecule has 0 saturated carbocycles. The Hall–Kier alpha value is -2.59. The first-order chi connectivity index (χ1) is 10.9. The fourth-order valence-corrected chi connectivity index (χ4v) is 2.86. The number of carbonyl (C=O) groups excluding carboxylic acids is 1. The minimum absolute atomic E-state index is 0.115. The molecule has 0 fully saturated rings. The van der Waals surface area contributed by atoms with E-state index in [2.05, 4.69) is 15.6 Å². The topological polar surface area (TPSA) is 106 Å². The van der Waals surface area contributed by atoms with Crippen molar-refractivity contribution >= 4 is 51.1 Å². The van der Waals surface area contributed by atoms with E-state index in [4.69, 9.17) is 17.0 Å². The lowest BCUT2D eigenvalue weighted by atomic mass is 10.3. The van der Waals surface area contributed by atoms with Crippen LogP contribution in [0, 0.1) is 17.0 Å². The molecule has 0 bridgehead atoms. The van der Waals surface area contributed by atoms with Crippen LogP contribution in [0.15, 0.2) is 24.4 Å². The van der Waals surface area contributed by atoms with Crippen molar-refractivity contribution in [2.75, 3.05) is 17.7 Å². The van der Waals surface area contributed by atoms with Gasteiger partial charge in [-0.25, -0.2) is 9.78 Å².